The minimum Gasteiger partial charge on any atom is -0.378 e. The normalized spacial score (nSPS) is 24.0. The lowest BCUT2D eigenvalue weighted by molar-refractivity contribution is 0.00135. The van der Waals surface area contributed by atoms with Crippen LogP contribution in [0, 0.1) is 0 Å². The van der Waals surface area contributed by atoms with E-state index in [4.69, 9.17) is 16.3 Å². The van der Waals surface area contributed by atoms with Gasteiger partial charge in [0.25, 0.3) is 0 Å². The smallest absolute Gasteiger partial charge is 0.0634 e. The number of halogens is 1. The highest BCUT2D eigenvalue weighted by molar-refractivity contribution is 7.99. The second-order valence-corrected chi connectivity index (χ2v) is 5.17. The third-order valence-electron chi connectivity index (χ3n) is 2.47. The van der Waals surface area contributed by atoms with E-state index in [1.165, 1.54) is 24.5 Å². The van der Waals surface area contributed by atoms with Crippen LogP contribution in [0.1, 0.15) is 13.3 Å². The lowest BCUT2D eigenvalue weighted by Crippen LogP contribution is -2.46. The minimum absolute atomic E-state index is 0.442. The summed E-state index contributed by atoms with van der Waals surface area (Å²) in [5, 5.41) is 0. The minimum atomic E-state index is 0.442. The number of thioether (sulfide) groups is 1. The number of hydrogen-bond acceptors (Lipinski definition) is 3. The van der Waals surface area contributed by atoms with Crippen molar-refractivity contribution >= 4 is 23.4 Å². The van der Waals surface area contributed by atoms with E-state index in [0.29, 0.717) is 11.9 Å². The number of rotatable bonds is 6. The van der Waals surface area contributed by atoms with Crippen LogP contribution in [0.2, 0.25) is 0 Å². The van der Waals surface area contributed by atoms with Gasteiger partial charge in [0.2, 0.25) is 0 Å². The molecule has 0 amide bonds. The monoisotopic (exact) mass is 237 g/mol. The van der Waals surface area contributed by atoms with Gasteiger partial charge < -0.3 is 4.74 Å². The molecule has 1 saturated heterocycles. The lowest BCUT2D eigenvalue weighted by atomic mass is 10.2. The first-order chi connectivity index (χ1) is 6.88. The van der Waals surface area contributed by atoms with Gasteiger partial charge in [-0.2, -0.15) is 11.8 Å². The number of hydrogen-bond donors (Lipinski definition) is 0. The summed E-state index contributed by atoms with van der Waals surface area (Å²) >= 11 is 7.90. The van der Waals surface area contributed by atoms with Crippen molar-refractivity contribution in [3.05, 3.63) is 0 Å². The first kappa shape index (κ1) is 12.6. The van der Waals surface area contributed by atoms with Crippen LogP contribution in [0.3, 0.4) is 0 Å². The number of alkyl halides is 1. The van der Waals surface area contributed by atoms with E-state index in [1.807, 2.05) is 11.8 Å². The highest BCUT2D eigenvalue weighted by Gasteiger charge is 2.21. The molecule has 0 radical (unpaired) electrons. The molecule has 4 heteroatoms. The van der Waals surface area contributed by atoms with E-state index in [2.05, 4.69) is 11.8 Å². The molecule has 2 nitrogen and oxygen atoms in total. The molecule has 0 aromatic heterocycles. The third-order valence-corrected chi connectivity index (χ3v) is 3.81. The molecular weight excluding hydrogens is 218 g/mol. The van der Waals surface area contributed by atoms with E-state index in [1.54, 1.807) is 0 Å². The molecule has 84 valence electrons. The highest BCUT2D eigenvalue weighted by atomic mass is 35.5. The summed E-state index contributed by atoms with van der Waals surface area (Å²) in [6.45, 7) is 6.11. The Morgan fingerprint density at radius 2 is 2.43 bits per heavy atom. The van der Waals surface area contributed by atoms with E-state index in [9.17, 15) is 0 Å². The molecule has 1 atom stereocenters. The summed E-state index contributed by atoms with van der Waals surface area (Å²) in [7, 11) is 0. The predicted octanol–water partition coefficient (Wildman–Crippen LogP) is 2.07. The Morgan fingerprint density at radius 3 is 3.14 bits per heavy atom. The highest BCUT2D eigenvalue weighted by Crippen LogP contribution is 2.10. The number of nitrogens with zero attached hydrogens (tertiary/aromatic N) is 1. The second kappa shape index (κ2) is 7.80. The van der Waals surface area contributed by atoms with Crippen LogP contribution in [0.15, 0.2) is 0 Å². The Labute approximate surface area is 96.3 Å². The summed E-state index contributed by atoms with van der Waals surface area (Å²) in [6, 6.07) is 0.442. The van der Waals surface area contributed by atoms with Gasteiger partial charge in [-0.15, -0.1) is 11.6 Å². The number of ether oxygens (including phenoxy) is 1. The molecule has 14 heavy (non-hydrogen) atoms. The topological polar surface area (TPSA) is 12.5 Å². The van der Waals surface area contributed by atoms with Crippen LogP contribution < -0.4 is 0 Å². The van der Waals surface area contributed by atoms with Gasteiger partial charge in [-0.25, -0.2) is 0 Å². The molecule has 1 rings (SSSR count). The Morgan fingerprint density at radius 1 is 1.57 bits per heavy atom. The Bertz CT molecular complexity index is 148. The van der Waals surface area contributed by atoms with Crippen LogP contribution in [-0.4, -0.2) is 54.6 Å². The molecular formula is C10H20ClNOS. The standard InChI is InChI=1S/C10H20ClNOS/c1-2-14-7-3-4-12-5-6-13-9-10(12)8-11/h10H,2-9H2,1H3. The van der Waals surface area contributed by atoms with Gasteiger partial charge >= 0.3 is 0 Å². The molecule has 0 aromatic rings. The zero-order chi connectivity index (χ0) is 10.2. The second-order valence-electron chi connectivity index (χ2n) is 3.47. The van der Waals surface area contributed by atoms with Gasteiger partial charge in [-0.05, 0) is 24.5 Å². The lowest BCUT2D eigenvalue weighted by Gasteiger charge is -2.34. The molecule has 1 heterocycles. The summed E-state index contributed by atoms with van der Waals surface area (Å²) in [6.07, 6.45) is 1.27. The van der Waals surface area contributed by atoms with Crippen LogP contribution in [0.4, 0.5) is 0 Å². The van der Waals surface area contributed by atoms with Crippen LogP contribution in [0.5, 0.6) is 0 Å². The zero-order valence-corrected chi connectivity index (χ0v) is 10.4. The predicted molar refractivity (Wildman–Crippen MR) is 64.5 cm³/mol. The van der Waals surface area contributed by atoms with Crippen molar-refractivity contribution in [1.82, 2.24) is 4.90 Å². The molecule has 0 spiro atoms. The molecule has 1 unspecified atom stereocenters. The average Bonchev–Trinajstić information content (AvgIpc) is 2.25. The fourth-order valence-electron chi connectivity index (χ4n) is 1.64. The zero-order valence-electron chi connectivity index (χ0n) is 8.88. The SMILES string of the molecule is CCSCCCN1CCOCC1CCl. The van der Waals surface area contributed by atoms with Crippen molar-refractivity contribution in [3.8, 4) is 0 Å². The van der Waals surface area contributed by atoms with Gasteiger partial charge in [0.1, 0.15) is 0 Å². The molecule has 1 aliphatic rings. The Balaban J connectivity index is 2.13. The summed E-state index contributed by atoms with van der Waals surface area (Å²) in [5.41, 5.74) is 0. The largest absolute Gasteiger partial charge is 0.378 e. The van der Waals surface area contributed by atoms with Gasteiger partial charge in [-0.3, -0.25) is 4.90 Å². The maximum Gasteiger partial charge on any atom is 0.0634 e. The molecule has 0 saturated carbocycles. The third kappa shape index (κ3) is 4.39. The molecule has 0 aliphatic carbocycles. The van der Waals surface area contributed by atoms with Crippen LogP contribution in [0.25, 0.3) is 0 Å². The maximum atomic E-state index is 5.89. The molecule has 1 fully saturated rings. The van der Waals surface area contributed by atoms with E-state index in [-0.39, 0.29) is 0 Å². The fourth-order valence-corrected chi connectivity index (χ4v) is 2.55. The maximum absolute atomic E-state index is 5.89. The molecule has 0 aromatic carbocycles. The Kier molecular flexibility index (Phi) is 7.04. The fraction of sp³-hybridized carbons (Fsp3) is 1.00. The summed E-state index contributed by atoms with van der Waals surface area (Å²) in [5.74, 6) is 3.19. The van der Waals surface area contributed by atoms with Crippen LogP contribution >= 0.6 is 23.4 Å². The van der Waals surface area contributed by atoms with Crippen molar-refractivity contribution in [3.63, 3.8) is 0 Å². The average molecular weight is 238 g/mol. The van der Waals surface area contributed by atoms with Crippen molar-refractivity contribution in [1.29, 1.82) is 0 Å². The molecule has 1 aliphatic heterocycles. The molecule has 0 N–H and O–H groups in total. The number of morpholine rings is 1. The van der Waals surface area contributed by atoms with Gasteiger partial charge in [0.15, 0.2) is 0 Å². The van der Waals surface area contributed by atoms with Gasteiger partial charge in [-0.1, -0.05) is 6.92 Å². The van der Waals surface area contributed by atoms with E-state index in [0.717, 1.165) is 19.8 Å². The summed E-state index contributed by atoms with van der Waals surface area (Å²) < 4.78 is 5.40. The van der Waals surface area contributed by atoms with Gasteiger partial charge in [0.05, 0.1) is 13.2 Å². The van der Waals surface area contributed by atoms with E-state index >= 15 is 0 Å². The molecule has 0 bridgehead atoms. The first-order valence-electron chi connectivity index (χ1n) is 5.34. The Hall–Kier alpha value is 0.560. The van der Waals surface area contributed by atoms with Crippen molar-refractivity contribution in [2.24, 2.45) is 0 Å². The first-order valence-corrected chi connectivity index (χ1v) is 7.03. The summed E-state index contributed by atoms with van der Waals surface area (Å²) in [4.78, 5) is 2.46. The van der Waals surface area contributed by atoms with Crippen molar-refractivity contribution < 1.29 is 4.74 Å². The van der Waals surface area contributed by atoms with E-state index < -0.39 is 0 Å². The van der Waals surface area contributed by atoms with Crippen molar-refractivity contribution in [2.75, 3.05) is 43.7 Å². The van der Waals surface area contributed by atoms with Gasteiger partial charge in [0, 0.05) is 18.5 Å². The quantitative estimate of drug-likeness (QED) is 0.519. The van der Waals surface area contributed by atoms with Crippen LogP contribution in [-0.2, 0) is 4.74 Å². The van der Waals surface area contributed by atoms with Crippen molar-refractivity contribution in [2.45, 2.75) is 19.4 Å².